The molecule has 1 aromatic heterocycles. The third-order valence-electron chi connectivity index (χ3n) is 2.00. The van der Waals surface area contributed by atoms with Crippen LogP contribution in [0.2, 0.25) is 5.02 Å². The van der Waals surface area contributed by atoms with Crippen LogP contribution in [0.4, 0.5) is 10.1 Å². The number of nitrogens with two attached hydrogens (primary N) is 1. The molecule has 0 unspecified atom stereocenters. The first kappa shape index (κ1) is 9.93. The van der Waals surface area contributed by atoms with E-state index in [4.69, 9.17) is 17.3 Å². The molecule has 76 valence electrons. The highest BCUT2D eigenvalue weighted by molar-refractivity contribution is 6.33. The third kappa shape index (κ3) is 2.07. The number of anilines is 1. The van der Waals surface area contributed by atoms with E-state index in [-0.39, 0.29) is 5.82 Å². The van der Waals surface area contributed by atoms with E-state index in [0.717, 1.165) is 11.1 Å². The van der Waals surface area contributed by atoms with Gasteiger partial charge in [0.25, 0.3) is 0 Å². The standard InChI is InChI=1S/C11H8ClFN2/c12-11-4-8(13)1-2-10(11)7-3-9(14)6-15-5-7/h1-6H,14H2. The zero-order chi connectivity index (χ0) is 10.8. The van der Waals surface area contributed by atoms with Crippen LogP contribution in [0.5, 0.6) is 0 Å². The molecule has 4 heteroatoms. The molecule has 0 bridgehead atoms. The quantitative estimate of drug-likeness (QED) is 0.805. The Balaban J connectivity index is 2.54. The van der Waals surface area contributed by atoms with Crippen molar-refractivity contribution in [1.29, 1.82) is 0 Å². The van der Waals surface area contributed by atoms with Gasteiger partial charge in [-0.25, -0.2) is 4.39 Å². The first-order chi connectivity index (χ1) is 7.16. The van der Waals surface area contributed by atoms with Crippen LogP contribution in [0.25, 0.3) is 11.1 Å². The molecule has 0 radical (unpaired) electrons. The van der Waals surface area contributed by atoms with Crippen molar-refractivity contribution in [3.63, 3.8) is 0 Å². The summed E-state index contributed by atoms with van der Waals surface area (Å²) in [5.41, 5.74) is 7.64. The molecule has 0 atom stereocenters. The van der Waals surface area contributed by atoms with Gasteiger partial charge in [-0.2, -0.15) is 0 Å². The maximum absolute atomic E-state index is 12.8. The Morgan fingerprint density at radius 2 is 2.00 bits per heavy atom. The minimum atomic E-state index is -0.361. The Morgan fingerprint density at radius 1 is 1.20 bits per heavy atom. The Bertz CT molecular complexity index is 500. The van der Waals surface area contributed by atoms with Gasteiger partial charge in [0.15, 0.2) is 0 Å². The molecule has 1 aromatic carbocycles. The molecular formula is C11H8ClFN2. The van der Waals surface area contributed by atoms with Gasteiger partial charge < -0.3 is 5.73 Å². The third-order valence-corrected chi connectivity index (χ3v) is 2.31. The number of nitrogen functional groups attached to an aromatic ring is 1. The second kappa shape index (κ2) is 3.87. The highest BCUT2D eigenvalue weighted by Crippen LogP contribution is 2.28. The first-order valence-corrected chi connectivity index (χ1v) is 4.70. The molecular weight excluding hydrogens is 215 g/mol. The lowest BCUT2D eigenvalue weighted by Crippen LogP contribution is -1.88. The van der Waals surface area contributed by atoms with Gasteiger partial charge in [-0.15, -0.1) is 0 Å². The van der Waals surface area contributed by atoms with Gasteiger partial charge in [-0.05, 0) is 24.3 Å². The van der Waals surface area contributed by atoms with E-state index >= 15 is 0 Å². The average Bonchev–Trinajstić information content (AvgIpc) is 2.17. The summed E-state index contributed by atoms with van der Waals surface area (Å²) in [6.45, 7) is 0. The maximum atomic E-state index is 12.8. The summed E-state index contributed by atoms with van der Waals surface area (Å²) in [5, 5.41) is 0.349. The van der Waals surface area contributed by atoms with Gasteiger partial charge in [0.1, 0.15) is 5.82 Å². The SMILES string of the molecule is Nc1cncc(-c2ccc(F)cc2Cl)c1. The summed E-state index contributed by atoms with van der Waals surface area (Å²) in [6.07, 6.45) is 3.18. The molecule has 0 aliphatic heterocycles. The van der Waals surface area contributed by atoms with Gasteiger partial charge in [0, 0.05) is 23.5 Å². The van der Waals surface area contributed by atoms with E-state index in [0.29, 0.717) is 10.7 Å². The summed E-state index contributed by atoms with van der Waals surface area (Å²) < 4.78 is 12.8. The van der Waals surface area contributed by atoms with Crippen molar-refractivity contribution in [1.82, 2.24) is 4.98 Å². The molecule has 0 fully saturated rings. The van der Waals surface area contributed by atoms with Crippen LogP contribution in [-0.4, -0.2) is 4.98 Å². The Labute approximate surface area is 91.5 Å². The lowest BCUT2D eigenvalue weighted by molar-refractivity contribution is 0.628. The van der Waals surface area contributed by atoms with Gasteiger partial charge >= 0.3 is 0 Å². The number of aromatic nitrogens is 1. The number of nitrogens with zero attached hydrogens (tertiary/aromatic N) is 1. The van der Waals surface area contributed by atoms with E-state index in [9.17, 15) is 4.39 Å². The fourth-order valence-electron chi connectivity index (χ4n) is 1.33. The lowest BCUT2D eigenvalue weighted by atomic mass is 10.1. The molecule has 0 spiro atoms. The summed E-state index contributed by atoms with van der Waals surface area (Å²) in [7, 11) is 0. The molecule has 2 nitrogen and oxygen atoms in total. The molecule has 2 aromatic rings. The van der Waals surface area contributed by atoms with Crippen molar-refractivity contribution < 1.29 is 4.39 Å². The van der Waals surface area contributed by atoms with Crippen molar-refractivity contribution in [3.05, 3.63) is 47.5 Å². The number of halogens is 2. The van der Waals surface area contributed by atoms with Gasteiger partial charge in [-0.3, -0.25) is 4.98 Å². The fraction of sp³-hybridized carbons (Fsp3) is 0. The van der Waals surface area contributed by atoms with Crippen molar-refractivity contribution >= 4 is 17.3 Å². The second-order valence-corrected chi connectivity index (χ2v) is 3.54. The molecule has 0 saturated heterocycles. The molecule has 0 saturated carbocycles. The molecule has 0 aliphatic carbocycles. The Morgan fingerprint density at radius 3 is 2.67 bits per heavy atom. The lowest BCUT2D eigenvalue weighted by Gasteiger charge is -2.04. The minimum absolute atomic E-state index is 0.349. The predicted molar refractivity (Wildman–Crippen MR) is 59.1 cm³/mol. The Hall–Kier alpha value is -1.61. The van der Waals surface area contributed by atoms with Gasteiger partial charge in [0.2, 0.25) is 0 Å². The molecule has 0 amide bonds. The van der Waals surface area contributed by atoms with E-state index in [1.165, 1.54) is 12.1 Å². The molecule has 1 heterocycles. The van der Waals surface area contributed by atoms with Crippen LogP contribution in [-0.2, 0) is 0 Å². The van der Waals surface area contributed by atoms with E-state index in [1.54, 1.807) is 24.5 Å². The van der Waals surface area contributed by atoms with E-state index in [2.05, 4.69) is 4.98 Å². The molecule has 0 aliphatic rings. The number of pyridine rings is 1. The van der Waals surface area contributed by atoms with Crippen LogP contribution in [0.3, 0.4) is 0 Å². The largest absolute Gasteiger partial charge is 0.397 e. The number of hydrogen-bond acceptors (Lipinski definition) is 2. The van der Waals surface area contributed by atoms with Gasteiger partial charge in [-0.1, -0.05) is 11.6 Å². The summed E-state index contributed by atoms with van der Waals surface area (Å²) in [6, 6.07) is 5.96. The van der Waals surface area contributed by atoms with Crippen LogP contribution in [0.15, 0.2) is 36.7 Å². The highest BCUT2D eigenvalue weighted by atomic mass is 35.5. The number of benzene rings is 1. The number of rotatable bonds is 1. The zero-order valence-electron chi connectivity index (χ0n) is 7.74. The van der Waals surface area contributed by atoms with Gasteiger partial charge in [0.05, 0.1) is 10.7 Å². The van der Waals surface area contributed by atoms with Crippen molar-refractivity contribution in [2.45, 2.75) is 0 Å². The van der Waals surface area contributed by atoms with Crippen molar-refractivity contribution in [2.24, 2.45) is 0 Å². The summed E-state index contributed by atoms with van der Waals surface area (Å²) in [4.78, 5) is 3.95. The average molecular weight is 223 g/mol. The zero-order valence-corrected chi connectivity index (χ0v) is 8.50. The first-order valence-electron chi connectivity index (χ1n) is 4.33. The Kier molecular flexibility index (Phi) is 2.56. The molecule has 15 heavy (non-hydrogen) atoms. The smallest absolute Gasteiger partial charge is 0.124 e. The molecule has 2 rings (SSSR count). The topological polar surface area (TPSA) is 38.9 Å². The predicted octanol–water partition coefficient (Wildman–Crippen LogP) is 3.12. The molecule has 2 N–H and O–H groups in total. The minimum Gasteiger partial charge on any atom is -0.397 e. The summed E-state index contributed by atoms with van der Waals surface area (Å²) >= 11 is 5.91. The second-order valence-electron chi connectivity index (χ2n) is 3.13. The number of hydrogen-bond donors (Lipinski definition) is 1. The van der Waals surface area contributed by atoms with Crippen LogP contribution in [0, 0.1) is 5.82 Å². The normalized spacial score (nSPS) is 10.3. The van der Waals surface area contributed by atoms with Crippen molar-refractivity contribution in [3.8, 4) is 11.1 Å². The van der Waals surface area contributed by atoms with Crippen molar-refractivity contribution in [2.75, 3.05) is 5.73 Å². The van der Waals surface area contributed by atoms with Crippen LogP contribution in [0.1, 0.15) is 0 Å². The summed E-state index contributed by atoms with van der Waals surface area (Å²) in [5.74, 6) is -0.361. The fourth-order valence-corrected chi connectivity index (χ4v) is 1.60. The van der Waals surface area contributed by atoms with E-state index < -0.39 is 0 Å². The van der Waals surface area contributed by atoms with Crippen LogP contribution >= 0.6 is 11.6 Å². The van der Waals surface area contributed by atoms with E-state index in [1.807, 2.05) is 0 Å². The monoisotopic (exact) mass is 222 g/mol. The van der Waals surface area contributed by atoms with Crippen LogP contribution < -0.4 is 5.73 Å². The maximum Gasteiger partial charge on any atom is 0.124 e. The highest BCUT2D eigenvalue weighted by Gasteiger charge is 2.05.